The molecule has 0 aromatic carbocycles. The maximum atomic E-state index is 2.47. The van der Waals surface area contributed by atoms with E-state index >= 15 is 0 Å². The van der Waals surface area contributed by atoms with E-state index in [-0.39, 0.29) is 0 Å². The zero-order valence-corrected chi connectivity index (χ0v) is 10.5. The molecule has 80 valence electrons. The van der Waals surface area contributed by atoms with Gasteiger partial charge in [0.15, 0.2) is 0 Å². The lowest BCUT2D eigenvalue weighted by molar-refractivity contribution is 0.111. The smallest absolute Gasteiger partial charge is 0.0300 e. The average molecular weight is 184 g/mol. The van der Waals surface area contributed by atoms with Gasteiger partial charge in [0.25, 0.3) is 0 Å². The standard InChI is InChI=1S/C13H28/c1-7-10-12(11(4)5)13(6,8-2)9-3/h11-12H,7-10H2,1-6H3. The number of hydrogen-bond acceptors (Lipinski definition) is 0. The van der Waals surface area contributed by atoms with Gasteiger partial charge in [0, 0.05) is 0 Å². The molecule has 0 fully saturated rings. The van der Waals surface area contributed by atoms with Gasteiger partial charge in [-0.2, -0.15) is 0 Å². The van der Waals surface area contributed by atoms with Crippen LogP contribution in [0.4, 0.5) is 0 Å². The molecule has 0 aromatic rings. The summed E-state index contributed by atoms with van der Waals surface area (Å²) < 4.78 is 0. The first-order valence-electron chi connectivity index (χ1n) is 6.01. The monoisotopic (exact) mass is 184 g/mol. The molecule has 1 unspecified atom stereocenters. The molecule has 0 spiro atoms. The summed E-state index contributed by atoms with van der Waals surface area (Å²) in [5.41, 5.74) is 0.574. The van der Waals surface area contributed by atoms with E-state index in [1.54, 1.807) is 0 Å². The van der Waals surface area contributed by atoms with E-state index in [4.69, 9.17) is 0 Å². The summed E-state index contributed by atoms with van der Waals surface area (Å²) in [6.45, 7) is 14.2. The maximum absolute atomic E-state index is 2.47. The van der Waals surface area contributed by atoms with Gasteiger partial charge in [-0.1, -0.05) is 60.8 Å². The average Bonchev–Trinajstić information content (AvgIpc) is 2.12. The molecule has 0 saturated carbocycles. The Kier molecular flexibility index (Phi) is 5.67. The molecule has 0 aromatic heterocycles. The first-order chi connectivity index (χ1) is 6.01. The lowest BCUT2D eigenvalue weighted by atomic mass is 9.66. The molecular weight excluding hydrogens is 156 g/mol. The van der Waals surface area contributed by atoms with Crippen molar-refractivity contribution in [2.75, 3.05) is 0 Å². The minimum absolute atomic E-state index is 0.574. The topological polar surface area (TPSA) is 0 Å². The summed E-state index contributed by atoms with van der Waals surface area (Å²) in [6, 6.07) is 0. The van der Waals surface area contributed by atoms with Crippen molar-refractivity contribution in [1.82, 2.24) is 0 Å². The van der Waals surface area contributed by atoms with E-state index in [1.807, 2.05) is 0 Å². The van der Waals surface area contributed by atoms with Crippen molar-refractivity contribution < 1.29 is 0 Å². The second kappa shape index (κ2) is 5.67. The van der Waals surface area contributed by atoms with Crippen LogP contribution in [0.15, 0.2) is 0 Å². The van der Waals surface area contributed by atoms with Crippen LogP contribution in [-0.4, -0.2) is 0 Å². The predicted octanol–water partition coefficient (Wildman–Crippen LogP) is 4.89. The van der Waals surface area contributed by atoms with Gasteiger partial charge in [0.2, 0.25) is 0 Å². The second-order valence-electron chi connectivity index (χ2n) is 5.00. The van der Waals surface area contributed by atoms with Gasteiger partial charge in [0.05, 0.1) is 0 Å². The fraction of sp³-hybridized carbons (Fsp3) is 1.00. The number of hydrogen-bond donors (Lipinski definition) is 0. The van der Waals surface area contributed by atoms with Crippen molar-refractivity contribution in [3.05, 3.63) is 0 Å². The van der Waals surface area contributed by atoms with Crippen LogP contribution in [0.2, 0.25) is 0 Å². The Bertz CT molecular complexity index is 120. The van der Waals surface area contributed by atoms with Crippen LogP contribution in [0, 0.1) is 17.3 Å². The normalized spacial score (nSPS) is 15.0. The van der Waals surface area contributed by atoms with Crippen LogP contribution < -0.4 is 0 Å². The maximum Gasteiger partial charge on any atom is -0.0300 e. The molecule has 0 bridgehead atoms. The summed E-state index contributed by atoms with van der Waals surface area (Å²) in [4.78, 5) is 0. The highest BCUT2D eigenvalue weighted by Gasteiger charge is 2.31. The van der Waals surface area contributed by atoms with E-state index in [0.717, 1.165) is 11.8 Å². The lowest BCUT2D eigenvalue weighted by Gasteiger charge is -2.39. The van der Waals surface area contributed by atoms with Gasteiger partial charge in [-0.15, -0.1) is 0 Å². The van der Waals surface area contributed by atoms with Crippen LogP contribution in [0.25, 0.3) is 0 Å². The summed E-state index contributed by atoms with van der Waals surface area (Å²) >= 11 is 0. The molecule has 0 nitrogen and oxygen atoms in total. The quantitative estimate of drug-likeness (QED) is 0.551. The van der Waals surface area contributed by atoms with Crippen LogP contribution >= 0.6 is 0 Å². The molecule has 0 saturated heterocycles. The molecule has 0 aliphatic heterocycles. The van der Waals surface area contributed by atoms with Crippen LogP contribution in [-0.2, 0) is 0 Å². The molecule has 1 atom stereocenters. The fourth-order valence-electron chi connectivity index (χ4n) is 2.57. The molecule has 0 amide bonds. The van der Waals surface area contributed by atoms with Gasteiger partial charge in [-0.25, -0.2) is 0 Å². The van der Waals surface area contributed by atoms with Crippen LogP contribution in [0.3, 0.4) is 0 Å². The van der Waals surface area contributed by atoms with Crippen molar-refractivity contribution in [3.63, 3.8) is 0 Å². The number of rotatable bonds is 6. The third kappa shape index (κ3) is 3.32. The first kappa shape index (κ1) is 13.0. The molecule has 13 heavy (non-hydrogen) atoms. The molecule has 0 rings (SSSR count). The van der Waals surface area contributed by atoms with Crippen molar-refractivity contribution in [2.45, 2.75) is 67.2 Å². The Morgan fingerprint density at radius 1 is 1.00 bits per heavy atom. The third-order valence-electron chi connectivity index (χ3n) is 3.91. The van der Waals surface area contributed by atoms with Gasteiger partial charge in [-0.05, 0) is 23.7 Å². The molecule has 0 radical (unpaired) electrons. The minimum Gasteiger partial charge on any atom is -0.0654 e. The Hall–Kier alpha value is 0. The van der Waals surface area contributed by atoms with Crippen molar-refractivity contribution in [2.24, 2.45) is 17.3 Å². The largest absolute Gasteiger partial charge is 0.0654 e. The predicted molar refractivity (Wildman–Crippen MR) is 61.9 cm³/mol. The second-order valence-corrected chi connectivity index (χ2v) is 5.00. The molecular formula is C13H28. The van der Waals surface area contributed by atoms with Crippen molar-refractivity contribution in [1.29, 1.82) is 0 Å². The van der Waals surface area contributed by atoms with Gasteiger partial charge < -0.3 is 0 Å². The van der Waals surface area contributed by atoms with Crippen LogP contribution in [0.5, 0.6) is 0 Å². The van der Waals surface area contributed by atoms with E-state index in [2.05, 4.69) is 41.5 Å². The Labute approximate surface area is 85.1 Å². The molecule has 0 aliphatic carbocycles. The van der Waals surface area contributed by atoms with E-state index in [9.17, 15) is 0 Å². The molecule has 0 N–H and O–H groups in total. The van der Waals surface area contributed by atoms with Crippen molar-refractivity contribution in [3.8, 4) is 0 Å². The Morgan fingerprint density at radius 3 is 1.69 bits per heavy atom. The highest BCUT2D eigenvalue weighted by molar-refractivity contribution is 4.81. The van der Waals surface area contributed by atoms with Gasteiger partial charge >= 0.3 is 0 Å². The summed E-state index contributed by atoms with van der Waals surface area (Å²) in [7, 11) is 0. The molecule has 0 aliphatic rings. The zero-order valence-electron chi connectivity index (χ0n) is 10.5. The van der Waals surface area contributed by atoms with E-state index in [1.165, 1.54) is 25.7 Å². The van der Waals surface area contributed by atoms with Crippen LogP contribution in [0.1, 0.15) is 67.2 Å². The first-order valence-corrected chi connectivity index (χ1v) is 6.01. The summed E-state index contributed by atoms with van der Waals surface area (Å²) in [5, 5.41) is 0. The fourth-order valence-corrected chi connectivity index (χ4v) is 2.57. The van der Waals surface area contributed by atoms with E-state index in [0.29, 0.717) is 5.41 Å². The summed E-state index contributed by atoms with van der Waals surface area (Å²) in [5.74, 6) is 1.75. The molecule has 0 heterocycles. The van der Waals surface area contributed by atoms with E-state index < -0.39 is 0 Å². The highest BCUT2D eigenvalue weighted by atomic mass is 14.4. The lowest BCUT2D eigenvalue weighted by Crippen LogP contribution is -2.30. The van der Waals surface area contributed by atoms with Gasteiger partial charge in [0.1, 0.15) is 0 Å². The third-order valence-corrected chi connectivity index (χ3v) is 3.91. The SMILES string of the molecule is CCCC(C(C)C)C(C)(CC)CC. The Balaban J connectivity index is 4.48. The summed E-state index contributed by atoms with van der Waals surface area (Å²) in [6.07, 6.45) is 5.38. The van der Waals surface area contributed by atoms with Gasteiger partial charge in [-0.3, -0.25) is 0 Å². The Morgan fingerprint density at radius 2 is 1.46 bits per heavy atom. The highest BCUT2D eigenvalue weighted by Crippen LogP contribution is 2.41. The zero-order chi connectivity index (χ0) is 10.5. The molecule has 0 heteroatoms. The van der Waals surface area contributed by atoms with Crippen molar-refractivity contribution >= 4 is 0 Å². The minimum atomic E-state index is 0.574.